The molecule has 0 amide bonds. The molecule has 4 nitrogen and oxygen atoms in total. The van der Waals surface area contributed by atoms with E-state index in [-0.39, 0.29) is 0 Å². The van der Waals surface area contributed by atoms with Crippen molar-refractivity contribution in [1.29, 1.82) is 0 Å². The van der Waals surface area contributed by atoms with E-state index in [9.17, 15) is 0 Å². The van der Waals surface area contributed by atoms with Crippen molar-refractivity contribution in [3.63, 3.8) is 0 Å². The van der Waals surface area contributed by atoms with Crippen LogP contribution >= 0.6 is 11.6 Å². The highest BCUT2D eigenvalue weighted by Crippen LogP contribution is 2.27. The SMILES string of the molecule is Cc1cc(Cl)cc(C)c1OCc1cc(CNC2CC2)no1. The fourth-order valence-electron chi connectivity index (χ4n) is 2.31. The number of aromatic nitrogens is 1. The Labute approximate surface area is 129 Å². The lowest BCUT2D eigenvalue weighted by atomic mass is 10.1. The zero-order chi connectivity index (χ0) is 14.8. The van der Waals surface area contributed by atoms with E-state index >= 15 is 0 Å². The second-order valence-corrected chi connectivity index (χ2v) is 6.03. The van der Waals surface area contributed by atoms with Gasteiger partial charge in [-0.15, -0.1) is 0 Å². The molecule has 1 saturated carbocycles. The molecule has 1 aliphatic rings. The molecule has 1 N–H and O–H groups in total. The van der Waals surface area contributed by atoms with Crippen molar-refractivity contribution < 1.29 is 9.26 Å². The molecule has 1 aliphatic carbocycles. The van der Waals surface area contributed by atoms with E-state index in [1.165, 1.54) is 12.8 Å². The molecule has 3 rings (SSSR count). The summed E-state index contributed by atoms with van der Waals surface area (Å²) >= 11 is 6.02. The highest BCUT2D eigenvalue weighted by Gasteiger charge is 2.20. The van der Waals surface area contributed by atoms with E-state index in [0.717, 1.165) is 39.9 Å². The molecular formula is C16H19ClN2O2. The smallest absolute Gasteiger partial charge is 0.174 e. The largest absolute Gasteiger partial charge is 0.485 e. The van der Waals surface area contributed by atoms with E-state index in [0.29, 0.717) is 12.6 Å². The summed E-state index contributed by atoms with van der Waals surface area (Å²) in [4.78, 5) is 0. The fraction of sp³-hybridized carbons (Fsp3) is 0.438. The van der Waals surface area contributed by atoms with Gasteiger partial charge in [-0.3, -0.25) is 0 Å². The number of ether oxygens (including phenoxy) is 1. The summed E-state index contributed by atoms with van der Waals surface area (Å²) in [6, 6.07) is 6.40. The van der Waals surface area contributed by atoms with Crippen LogP contribution in [0.5, 0.6) is 5.75 Å². The van der Waals surface area contributed by atoms with Crippen LogP contribution in [0.3, 0.4) is 0 Å². The zero-order valence-electron chi connectivity index (χ0n) is 12.3. The predicted octanol–water partition coefficient (Wildman–Crippen LogP) is 3.78. The van der Waals surface area contributed by atoms with Crippen molar-refractivity contribution in [2.24, 2.45) is 0 Å². The molecule has 112 valence electrons. The average Bonchev–Trinajstić information content (AvgIpc) is 3.14. The number of nitrogens with zero attached hydrogens (tertiary/aromatic N) is 1. The Bertz CT molecular complexity index is 612. The van der Waals surface area contributed by atoms with Crippen LogP contribution in [-0.2, 0) is 13.2 Å². The molecule has 0 atom stereocenters. The van der Waals surface area contributed by atoms with Gasteiger partial charge in [0.15, 0.2) is 5.76 Å². The number of benzene rings is 1. The molecule has 1 heterocycles. The van der Waals surface area contributed by atoms with Crippen LogP contribution in [0.25, 0.3) is 0 Å². The van der Waals surface area contributed by atoms with Crippen molar-refractivity contribution in [3.05, 3.63) is 45.8 Å². The van der Waals surface area contributed by atoms with Crippen molar-refractivity contribution in [1.82, 2.24) is 10.5 Å². The molecule has 0 bridgehead atoms. The maximum absolute atomic E-state index is 6.02. The van der Waals surface area contributed by atoms with Crippen molar-refractivity contribution >= 4 is 11.6 Å². The minimum Gasteiger partial charge on any atom is -0.485 e. The molecule has 1 fully saturated rings. The Hall–Kier alpha value is -1.52. The molecule has 0 saturated heterocycles. The van der Waals surface area contributed by atoms with Gasteiger partial charge in [-0.05, 0) is 49.9 Å². The highest BCUT2D eigenvalue weighted by molar-refractivity contribution is 6.30. The first kappa shape index (κ1) is 14.4. The Kier molecular flexibility index (Phi) is 4.17. The number of hydrogen-bond acceptors (Lipinski definition) is 4. The van der Waals surface area contributed by atoms with Gasteiger partial charge in [0.2, 0.25) is 0 Å². The van der Waals surface area contributed by atoms with Gasteiger partial charge >= 0.3 is 0 Å². The molecule has 2 aromatic rings. The molecule has 1 aromatic carbocycles. The van der Waals surface area contributed by atoms with Gasteiger partial charge in [-0.25, -0.2) is 0 Å². The van der Waals surface area contributed by atoms with Gasteiger partial charge in [0.05, 0.1) is 5.69 Å². The van der Waals surface area contributed by atoms with Crippen LogP contribution in [0.4, 0.5) is 0 Å². The van der Waals surface area contributed by atoms with E-state index in [1.54, 1.807) is 0 Å². The van der Waals surface area contributed by atoms with Gasteiger partial charge in [-0.1, -0.05) is 16.8 Å². The molecule has 5 heteroatoms. The van der Waals surface area contributed by atoms with Crippen molar-refractivity contribution in [3.8, 4) is 5.75 Å². The van der Waals surface area contributed by atoms with Gasteiger partial charge in [0, 0.05) is 23.7 Å². The summed E-state index contributed by atoms with van der Waals surface area (Å²) in [7, 11) is 0. The van der Waals surface area contributed by atoms with Gasteiger partial charge in [0.25, 0.3) is 0 Å². The third-order valence-corrected chi connectivity index (χ3v) is 3.76. The first-order valence-corrected chi connectivity index (χ1v) is 7.57. The molecular weight excluding hydrogens is 288 g/mol. The van der Waals surface area contributed by atoms with E-state index < -0.39 is 0 Å². The fourth-order valence-corrected chi connectivity index (χ4v) is 2.64. The van der Waals surface area contributed by atoms with Gasteiger partial charge in [-0.2, -0.15) is 0 Å². The summed E-state index contributed by atoms with van der Waals surface area (Å²) in [6.45, 7) is 5.10. The Morgan fingerprint density at radius 2 is 2.00 bits per heavy atom. The third kappa shape index (κ3) is 3.77. The van der Waals surface area contributed by atoms with Crippen molar-refractivity contribution in [2.45, 2.75) is 45.9 Å². The maximum atomic E-state index is 6.02. The molecule has 0 radical (unpaired) electrons. The molecule has 1 aromatic heterocycles. The summed E-state index contributed by atoms with van der Waals surface area (Å²) < 4.78 is 11.1. The van der Waals surface area contributed by atoms with Gasteiger partial charge < -0.3 is 14.6 Å². The minimum absolute atomic E-state index is 0.375. The first-order chi connectivity index (χ1) is 10.1. The van der Waals surface area contributed by atoms with E-state index in [1.807, 2.05) is 32.0 Å². The highest BCUT2D eigenvalue weighted by atomic mass is 35.5. The summed E-state index contributed by atoms with van der Waals surface area (Å²) in [5, 5.41) is 8.18. The number of halogens is 1. The van der Waals surface area contributed by atoms with Crippen LogP contribution in [0, 0.1) is 13.8 Å². The number of nitrogens with one attached hydrogen (secondary N) is 1. The summed E-state index contributed by atoms with van der Waals surface area (Å²) in [5.41, 5.74) is 2.97. The normalized spacial score (nSPS) is 14.4. The monoisotopic (exact) mass is 306 g/mol. The maximum Gasteiger partial charge on any atom is 0.174 e. The number of hydrogen-bond donors (Lipinski definition) is 1. The second kappa shape index (κ2) is 6.08. The second-order valence-electron chi connectivity index (χ2n) is 5.60. The third-order valence-electron chi connectivity index (χ3n) is 3.54. The van der Waals surface area contributed by atoms with E-state index in [2.05, 4.69) is 10.5 Å². The molecule has 0 aliphatic heterocycles. The number of aryl methyl sites for hydroxylation is 2. The van der Waals surface area contributed by atoms with Crippen LogP contribution in [0.2, 0.25) is 5.02 Å². The lowest BCUT2D eigenvalue weighted by Gasteiger charge is -2.11. The Balaban J connectivity index is 1.59. The van der Waals surface area contributed by atoms with E-state index in [4.69, 9.17) is 20.9 Å². The van der Waals surface area contributed by atoms with Crippen LogP contribution < -0.4 is 10.1 Å². The zero-order valence-corrected chi connectivity index (χ0v) is 13.0. The molecule has 0 spiro atoms. The Morgan fingerprint density at radius 3 is 2.67 bits per heavy atom. The molecule has 21 heavy (non-hydrogen) atoms. The lowest BCUT2D eigenvalue weighted by molar-refractivity contribution is 0.246. The first-order valence-electron chi connectivity index (χ1n) is 7.19. The molecule has 0 unspecified atom stereocenters. The standard InChI is InChI=1S/C16H19ClN2O2/c1-10-5-12(17)6-11(2)16(10)20-9-15-7-14(19-21-15)8-18-13-3-4-13/h5-7,13,18H,3-4,8-9H2,1-2H3. The Morgan fingerprint density at radius 1 is 1.29 bits per heavy atom. The van der Waals surface area contributed by atoms with Crippen LogP contribution in [0.15, 0.2) is 22.7 Å². The quantitative estimate of drug-likeness (QED) is 0.882. The predicted molar refractivity (Wildman–Crippen MR) is 81.6 cm³/mol. The van der Waals surface area contributed by atoms with Crippen LogP contribution in [0.1, 0.15) is 35.4 Å². The average molecular weight is 307 g/mol. The minimum atomic E-state index is 0.375. The summed E-state index contributed by atoms with van der Waals surface area (Å²) in [6.07, 6.45) is 2.53. The van der Waals surface area contributed by atoms with Crippen LogP contribution in [-0.4, -0.2) is 11.2 Å². The number of rotatable bonds is 6. The summed E-state index contributed by atoms with van der Waals surface area (Å²) in [5.74, 6) is 1.59. The van der Waals surface area contributed by atoms with Crippen molar-refractivity contribution in [2.75, 3.05) is 0 Å². The van der Waals surface area contributed by atoms with Gasteiger partial charge in [0.1, 0.15) is 12.4 Å². The topological polar surface area (TPSA) is 47.3 Å². The lowest BCUT2D eigenvalue weighted by Crippen LogP contribution is -2.15.